The number of amides is 3. The zero-order valence-corrected chi connectivity index (χ0v) is 23.0. The molecular weight excluding hydrogens is 462 g/mol. The summed E-state index contributed by atoms with van der Waals surface area (Å²) < 4.78 is 5.41. The quantitative estimate of drug-likeness (QED) is 0.468. The van der Waals surface area contributed by atoms with Crippen LogP contribution in [0.1, 0.15) is 83.4 Å². The summed E-state index contributed by atoms with van der Waals surface area (Å²) in [5, 5.41) is 5.98. The molecule has 0 spiro atoms. The third-order valence-corrected chi connectivity index (χ3v) is 6.74. The molecule has 1 aromatic carbocycles. The Morgan fingerprint density at radius 3 is 2.43 bits per heavy atom. The second-order valence-corrected chi connectivity index (χ2v) is 11.3. The van der Waals surface area contributed by atoms with E-state index in [1.54, 1.807) is 37.4 Å². The predicted octanol–water partition coefficient (Wildman–Crippen LogP) is 4.98. The Hall–Kier alpha value is -2.22. The fourth-order valence-electron chi connectivity index (χ4n) is 4.45. The van der Waals surface area contributed by atoms with Crippen LogP contribution >= 0.6 is 11.8 Å². The smallest absolute Gasteiger partial charge is 0.408 e. The number of benzene rings is 1. The molecule has 196 valence electrons. The highest BCUT2D eigenvalue weighted by atomic mass is 32.2. The van der Waals surface area contributed by atoms with Gasteiger partial charge in [0.05, 0.1) is 0 Å². The number of hydrogen-bond acceptors (Lipinski definition) is 5. The van der Waals surface area contributed by atoms with E-state index in [0.717, 1.165) is 36.8 Å². The van der Waals surface area contributed by atoms with Crippen LogP contribution in [0.5, 0.6) is 0 Å². The van der Waals surface area contributed by atoms with E-state index in [2.05, 4.69) is 10.6 Å². The molecule has 2 rings (SSSR count). The Balaban J connectivity index is 2.34. The SMILES string of the molecule is CCN(C(=O)C(CCSC)NC(=O)OC(C)(C)C)C(C(=O)NC1CCCCC1)c1cccc(C)c1. The molecule has 2 N–H and O–H groups in total. The molecule has 1 aliphatic rings. The monoisotopic (exact) mass is 505 g/mol. The van der Waals surface area contributed by atoms with Gasteiger partial charge in [-0.25, -0.2) is 4.79 Å². The summed E-state index contributed by atoms with van der Waals surface area (Å²) in [5.74, 6) is 0.240. The van der Waals surface area contributed by atoms with E-state index in [0.29, 0.717) is 18.7 Å². The molecule has 0 bridgehead atoms. The second kappa shape index (κ2) is 13.8. The maximum absolute atomic E-state index is 13.8. The lowest BCUT2D eigenvalue weighted by molar-refractivity contribution is -0.142. The molecular formula is C27H43N3O4S. The van der Waals surface area contributed by atoms with Crippen molar-refractivity contribution >= 4 is 29.7 Å². The summed E-state index contributed by atoms with van der Waals surface area (Å²) >= 11 is 1.60. The van der Waals surface area contributed by atoms with Gasteiger partial charge in [0.1, 0.15) is 17.7 Å². The van der Waals surface area contributed by atoms with E-state index in [9.17, 15) is 14.4 Å². The number of carbonyl (C=O) groups excluding carboxylic acids is 3. The largest absolute Gasteiger partial charge is 0.444 e. The Kier molecular flexibility index (Phi) is 11.4. The molecule has 0 aliphatic heterocycles. The molecule has 1 saturated carbocycles. The Labute approximate surface area is 215 Å². The standard InChI is InChI=1S/C27H43N3O4S/c1-7-30(25(32)22(16-17-35-6)29-26(33)34-27(3,4)5)23(20-13-11-12-19(2)18-20)24(31)28-21-14-9-8-10-15-21/h11-13,18,21-23H,7-10,14-17H2,1-6H3,(H,28,31)(H,29,33). The van der Waals surface area contributed by atoms with Crippen molar-refractivity contribution in [3.63, 3.8) is 0 Å². The lowest BCUT2D eigenvalue weighted by Crippen LogP contribution is -2.54. The van der Waals surface area contributed by atoms with E-state index in [-0.39, 0.29) is 17.9 Å². The fraction of sp³-hybridized carbons (Fsp3) is 0.667. The molecule has 0 saturated heterocycles. The number of rotatable bonds is 10. The highest BCUT2D eigenvalue weighted by Gasteiger charge is 2.36. The molecule has 2 unspecified atom stereocenters. The molecule has 8 heteroatoms. The number of alkyl carbamates (subject to hydrolysis) is 1. The number of aryl methyl sites for hydroxylation is 1. The van der Waals surface area contributed by atoms with Gasteiger partial charge in [-0.05, 0) is 71.5 Å². The number of thioether (sulfide) groups is 1. The van der Waals surface area contributed by atoms with E-state index < -0.39 is 23.8 Å². The molecule has 0 aromatic heterocycles. The fourth-order valence-corrected chi connectivity index (χ4v) is 4.92. The van der Waals surface area contributed by atoms with E-state index in [4.69, 9.17) is 4.74 Å². The van der Waals surface area contributed by atoms with Gasteiger partial charge in [-0.1, -0.05) is 49.1 Å². The molecule has 1 fully saturated rings. The number of nitrogens with one attached hydrogen (secondary N) is 2. The van der Waals surface area contributed by atoms with Gasteiger partial charge in [0, 0.05) is 12.6 Å². The zero-order valence-electron chi connectivity index (χ0n) is 22.2. The molecule has 2 atom stereocenters. The number of likely N-dealkylation sites (N-methyl/N-ethyl adjacent to an activating group) is 1. The average Bonchev–Trinajstić information content (AvgIpc) is 2.79. The topological polar surface area (TPSA) is 87.7 Å². The minimum atomic E-state index is -0.785. The van der Waals surface area contributed by atoms with Crippen LogP contribution in [0.4, 0.5) is 4.79 Å². The number of ether oxygens (including phenoxy) is 1. The van der Waals surface area contributed by atoms with Crippen molar-refractivity contribution in [2.75, 3.05) is 18.6 Å². The van der Waals surface area contributed by atoms with Gasteiger partial charge in [-0.2, -0.15) is 11.8 Å². The molecule has 1 aliphatic carbocycles. The van der Waals surface area contributed by atoms with Crippen LogP contribution in [-0.2, 0) is 14.3 Å². The summed E-state index contributed by atoms with van der Waals surface area (Å²) in [4.78, 5) is 41.6. The first-order valence-corrected chi connectivity index (χ1v) is 14.1. The minimum absolute atomic E-state index is 0.129. The van der Waals surface area contributed by atoms with Crippen molar-refractivity contribution < 1.29 is 19.1 Å². The van der Waals surface area contributed by atoms with Gasteiger partial charge in [-0.15, -0.1) is 0 Å². The molecule has 7 nitrogen and oxygen atoms in total. The van der Waals surface area contributed by atoms with Crippen molar-refractivity contribution in [1.82, 2.24) is 15.5 Å². The van der Waals surface area contributed by atoms with Crippen molar-refractivity contribution in [2.24, 2.45) is 0 Å². The minimum Gasteiger partial charge on any atom is -0.444 e. The van der Waals surface area contributed by atoms with Crippen LogP contribution < -0.4 is 10.6 Å². The molecule has 35 heavy (non-hydrogen) atoms. The van der Waals surface area contributed by atoms with Crippen LogP contribution in [0.3, 0.4) is 0 Å². The van der Waals surface area contributed by atoms with E-state index >= 15 is 0 Å². The summed E-state index contributed by atoms with van der Waals surface area (Å²) in [6.45, 7) is 9.53. The number of carbonyl (C=O) groups is 3. The maximum atomic E-state index is 13.8. The Bertz CT molecular complexity index is 849. The van der Waals surface area contributed by atoms with E-state index in [1.165, 1.54) is 6.42 Å². The third-order valence-electron chi connectivity index (χ3n) is 6.09. The normalized spacial score (nSPS) is 16.2. The Morgan fingerprint density at radius 1 is 1.17 bits per heavy atom. The first-order chi connectivity index (χ1) is 16.6. The highest BCUT2D eigenvalue weighted by Crippen LogP contribution is 2.26. The molecule has 0 radical (unpaired) electrons. The second-order valence-electron chi connectivity index (χ2n) is 10.3. The molecule has 0 heterocycles. The highest BCUT2D eigenvalue weighted by molar-refractivity contribution is 7.98. The van der Waals surface area contributed by atoms with Crippen LogP contribution in [0.15, 0.2) is 24.3 Å². The van der Waals surface area contributed by atoms with Crippen LogP contribution in [0, 0.1) is 6.92 Å². The van der Waals surface area contributed by atoms with Crippen LogP contribution in [-0.4, -0.2) is 59.0 Å². The summed E-state index contributed by atoms with van der Waals surface area (Å²) in [6, 6.07) is 6.31. The summed E-state index contributed by atoms with van der Waals surface area (Å²) in [5.41, 5.74) is 1.12. The number of nitrogens with zero attached hydrogens (tertiary/aromatic N) is 1. The predicted molar refractivity (Wildman–Crippen MR) is 142 cm³/mol. The van der Waals surface area contributed by atoms with Gasteiger partial charge < -0.3 is 20.3 Å². The lowest BCUT2D eigenvalue weighted by atomic mass is 9.94. The zero-order chi connectivity index (χ0) is 26.0. The van der Waals surface area contributed by atoms with Crippen LogP contribution in [0.2, 0.25) is 0 Å². The first kappa shape index (κ1) is 29.0. The van der Waals surface area contributed by atoms with Crippen LogP contribution in [0.25, 0.3) is 0 Å². The van der Waals surface area contributed by atoms with E-state index in [1.807, 2.05) is 44.4 Å². The first-order valence-electron chi connectivity index (χ1n) is 12.7. The van der Waals surface area contributed by atoms with Gasteiger partial charge in [0.25, 0.3) is 0 Å². The summed E-state index contributed by atoms with van der Waals surface area (Å²) in [7, 11) is 0. The number of hydrogen-bond donors (Lipinski definition) is 2. The summed E-state index contributed by atoms with van der Waals surface area (Å²) in [6.07, 6.45) is 7.10. The van der Waals surface area contributed by atoms with Gasteiger partial charge in [-0.3, -0.25) is 9.59 Å². The Morgan fingerprint density at radius 2 is 1.86 bits per heavy atom. The van der Waals surface area contributed by atoms with Gasteiger partial charge >= 0.3 is 6.09 Å². The third kappa shape index (κ3) is 9.39. The van der Waals surface area contributed by atoms with Crippen molar-refractivity contribution in [3.05, 3.63) is 35.4 Å². The maximum Gasteiger partial charge on any atom is 0.408 e. The average molecular weight is 506 g/mol. The van der Waals surface area contributed by atoms with Crippen molar-refractivity contribution in [3.8, 4) is 0 Å². The lowest BCUT2D eigenvalue weighted by Gasteiger charge is -2.35. The van der Waals surface area contributed by atoms with Gasteiger partial charge in [0.15, 0.2) is 0 Å². The van der Waals surface area contributed by atoms with Crippen molar-refractivity contribution in [2.45, 2.75) is 96.9 Å². The molecule has 3 amide bonds. The van der Waals surface area contributed by atoms with Gasteiger partial charge in [0.2, 0.25) is 11.8 Å². The molecule has 1 aromatic rings. The van der Waals surface area contributed by atoms with Crippen molar-refractivity contribution in [1.29, 1.82) is 0 Å².